The SMILES string of the molecule is CCCC1(C(=O)O)CCN(C(C)c2csc(C)n2)CC1. The molecule has 1 aliphatic heterocycles. The van der Waals surface area contributed by atoms with Crippen molar-refractivity contribution in [2.45, 2.75) is 52.5 Å². The molecule has 0 radical (unpaired) electrons. The maximum Gasteiger partial charge on any atom is 0.309 e. The summed E-state index contributed by atoms with van der Waals surface area (Å²) in [5.41, 5.74) is 0.619. The lowest BCUT2D eigenvalue weighted by atomic mass is 9.74. The van der Waals surface area contributed by atoms with Gasteiger partial charge in [0.1, 0.15) is 0 Å². The van der Waals surface area contributed by atoms with Crippen molar-refractivity contribution in [2.75, 3.05) is 13.1 Å². The van der Waals surface area contributed by atoms with Crippen molar-refractivity contribution >= 4 is 17.3 Å². The number of rotatable bonds is 5. The third kappa shape index (κ3) is 3.04. The molecule has 0 aromatic carbocycles. The molecule has 0 amide bonds. The molecule has 1 unspecified atom stereocenters. The van der Waals surface area contributed by atoms with Gasteiger partial charge in [0, 0.05) is 5.38 Å². The Kier molecular flexibility index (Phi) is 4.81. The molecule has 1 aliphatic rings. The molecule has 1 aromatic heterocycles. The van der Waals surface area contributed by atoms with E-state index in [0.29, 0.717) is 0 Å². The number of hydrogen-bond acceptors (Lipinski definition) is 4. The van der Waals surface area contributed by atoms with Crippen LogP contribution in [0.3, 0.4) is 0 Å². The van der Waals surface area contributed by atoms with Crippen LogP contribution in [0.25, 0.3) is 0 Å². The van der Waals surface area contributed by atoms with E-state index in [1.165, 1.54) is 0 Å². The van der Waals surface area contributed by atoms with Gasteiger partial charge in [0.25, 0.3) is 0 Å². The average Bonchev–Trinajstić information content (AvgIpc) is 2.85. The largest absolute Gasteiger partial charge is 0.481 e. The van der Waals surface area contributed by atoms with Crippen molar-refractivity contribution in [1.82, 2.24) is 9.88 Å². The molecule has 2 heterocycles. The number of carbonyl (C=O) groups is 1. The topological polar surface area (TPSA) is 53.4 Å². The minimum Gasteiger partial charge on any atom is -0.481 e. The van der Waals surface area contributed by atoms with Gasteiger partial charge in [-0.1, -0.05) is 13.3 Å². The lowest BCUT2D eigenvalue weighted by molar-refractivity contribution is -0.153. The van der Waals surface area contributed by atoms with Gasteiger partial charge in [-0.2, -0.15) is 0 Å². The molecular weight excluding hydrogens is 272 g/mol. The van der Waals surface area contributed by atoms with Gasteiger partial charge in [0.15, 0.2) is 0 Å². The van der Waals surface area contributed by atoms with Crippen molar-refractivity contribution in [3.05, 3.63) is 16.1 Å². The third-order valence-corrected chi connectivity index (χ3v) is 5.34. The summed E-state index contributed by atoms with van der Waals surface area (Å²) < 4.78 is 0. The quantitative estimate of drug-likeness (QED) is 0.904. The molecular formula is C15H24N2O2S. The Morgan fingerprint density at radius 1 is 1.55 bits per heavy atom. The van der Waals surface area contributed by atoms with Crippen LogP contribution >= 0.6 is 11.3 Å². The molecule has 0 saturated carbocycles. The van der Waals surface area contributed by atoms with Crippen molar-refractivity contribution < 1.29 is 9.90 Å². The van der Waals surface area contributed by atoms with Crippen LogP contribution in [0, 0.1) is 12.3 Å². The predicted molar refractivity (Wildman–Crippen MR) is 81.0 cm³/mol. The van der Waals surface area contributed by atoms with E-state index in [4.69, 9.17) is 0 Å². The summed E-state index contributed by atoms with van der Waals surface area (Å²) in [6.07, 6.45) is 3.24. The lowest BCUT2D eigenvalue weighted by Gasteiger charge is -2.41. The first-order chi connectivity index (χ1) is 9.48. The second-order valence-electron chi connectivity index (χ2n) is 5.84. The first kappa shape index (κ1) is 15.4. The van der Waals surface area contributed by atoms with Crippen molar-refractivity contribution in [2.24, 2.45) is 5.41 Å². The number of aliphatic carboxylic acids is 1. The van der Waals surface area contributed by atoms with Gasteiger partial charge in [-0.15, -0.1) is 11.3 Å². The predicted octanol–water partition coefficient (Wildman–Crippen LogP) is 3.48. The summed E-state index contributed by atoms with van der Waals surface area (Å²) in [6, 6.07) is 0.286. The molecule has 1 fully saturated rings. The van der Waals surface area contributed by atoms with E-state index in [1.54, 1.807) is 11.3 Å². The number of likely N-dealkylation sites (tertiary alicyclic amines) is 1. The van der Waals surface area contributed by atoms with E-state index in [1.807, 2.05) is 6.92 Å². The van der Waals surface area contributed by atoms with Crippen LogP contribution in [0.15, 0.2) is 5.38 Å². The van der Waals surface area contributed by atoms with Gasteiger partial charge < -0.3 is 5.11 Å². The Morgan fingerprint density at radius 3 is 2.65 bits per heavy atom. The zero-order chi connectivity index (χ0) is 14.8. The summed E-state index contributed by atoms with van der Waals surface area (Å²) >= 11 is 1.68. The van der Waals surface area contributed by atoms with Gasteiger partial charge in [0.05, 0.1) is 22.2 Å². The summed E-state index contributed by atoms with van der Waals surface area (Å²) in [7, 11) is 0. The van der Waals surface area contributed by atoms with Crippen molar-refractivity contribution in [3.63, 3.8) is 0 Å². The van der Waals surface area contributed by atoms with Crippen LogP contribution < -0.4 is 0 Å². The van der Waals surface area contributed by atoms with E-state index in [-0.39, 0.29) is 6.04 Å². The Bertz CT molecular complexity index is 464. The van der Waals surface area contributed by atoms with Gasteiger partial charge in [0.2, 0.25) is 0 Å². The second-order valence-corrected chi connectivity index (χ2v) is 6.90. The fourth-order valence-electron chi connectivity index (χ4n) is 3.15. The third-order valence-electron chi connectivity index (χ3n) is 4.55. The van der Waals surface area contributed by atoms with Gasteiger partial charge >= 0.3 is 5.97 Å². The molecule has 2 rings (SSSR count). The van der Waals surface area contributed by atoms with Crippen LogP contribution in [0.5, 0.6) is 0 Å². The average molecular weight is 296 g/mol. The highest BCUT2D eigenvalue weighted by molar-refractivity contribution is 7.09. The molecule has 1 saturated heterocycles. The standard InChI is InChI=1S/C15H24N2O2S/c1-4-5-15(14(18)19)6-8-17(9-7-15)11(2)13-10-20-12(3)16-13/h10-11H,4-9H2,1-3H3,(H,18,19). The Morgan fingerprint density at radius 2 is 2.20 bits per heavy atom. The first-order valence-corrected chi connectivity index (χ1v) is 8.26. The van der Waals surface area contributed by atoms with Gasteiger partial charge in [-0.25, -0.2) is 4.98 Å². The number of hydrogen-bond donors (Lipinski definition) is 1. The van der Waals surface area contributed by atoms with Gasteiger partial charge in [-0.3, -0.25) is 9.69 Å². The number of nitrogens with zero attached hydrogens (tertiary/aromatic N) is 2. The number of carboxylic acids is 1. The molecule has 0 bridgehead atoms. The Balaban J connectivity index is 2.01. The monoisotopic (exact) mass is 296 g/mol. The van der Waals surface area contributed by atoms with Crippen LogP contribution in [0.4, 0.5) is 0 Å². The minimum atomic E-state index is -0.615. The Labute approximate surface area is 124 Å². The molecule has 5 heteroatoms. The normalized spacial score (nSPS) is 20.8. The number of piperidine rings is 1. The van der Waals surface area contributed by atoms with Crippen LogP contribution in [-0.4, -0.2) is 34.0 Å². The molecule has 20 heavy (non-hydrogen) atoms. The number of aryl methyl sites for hydroxylation is 1. The number of thiazole rings is 1. The van der Waals surface area contributed by atoms with Crippen molar-refractivity contribution in [3.8, 4) is 0 Å². The zero-order valence-electron chi connectivity index (χ0n) is 12.6. The summed E-state index contributed by atoms with van der Waals surface area (Å²) in [4.78, 5) is 18.5. The number of carboxylic acid groups (broad SMARTS) is 1. The highest BCUT2D eigenvalue weighted by atomic mass is 32.1. The highest BCUT2D eigenvalue weighted by Crippen LogP contribution is 2.38. The maximum atomic E-state index is 11.6. The first-order valence-electron chi connectivity index (χ1n) is 7.38. The molecule has 112 valence electrons. The van der Waals surface area contributed by atoms with E-state index in [2.05, 4.69) is 29.1 Å². The van der Waals surface area contributed by atoms with Crippen molar-refractivity contribution in [1.29, 1.82) is 0 Å². The maximum absolute atomic E-state index is 11.6. The smallest absolute Gasteiger partial charge is 0.309 e. The molecule has 1 atom stereocenters. The van der Waals surface area contributed by atoms with Crippen LogP contribution in [-0.2, 0) is 4.79 Å². The highest BCUT2D eigenvalue weighted by Gasteiger charge is 2.41. The summed E-state index contributed by atoms with van der Waals surface area (Å²) in [6.45, 7) is 7.96. The van der Waals surface area contributed by atoms with E-state index < -0.39 is 11.4 Å². The van der Waals surface area contributed by atoms with E-state index in [0.717, 1.165) is 49.5 Å². The molecule has 4 nitrogen and oxygen atoms in total. The molecule has 0 spiro atoms. The zero-order valence-corrected chi connectivity index (χ0v) is 13.4. The van der Waals surface area contributed by atoms with Crippen LogP contribution in [0.2, 0.25) is 0 Å². The molecule has 1 N–H and O–H groups in total. The minimum absolute atomic E-state index is 0.286. The number of aromatic nitrogens is 1. The van der Waals surface area contributed by atoms with Gasteiger partial charge in [-0.05, 0) is 46.2 Å². The lowest BCUT2D eigenvalue weighted by Crippen LogP contribution is -2.45. The van der Waals surface area contributed by atoms with E-state index in [9.17, 15) is 9.90 Å². The summed E-state index contributed by atoms with van der Waals surface area (Å²) in [5, 5.41) is 12.7. The second kappa shape index (κ2) is 6.22. The van der Waals surface area contributed by atoms with E-state index >= 15 is 0 Å². The summed E-state index contributed by atoms with van der Waals surface area (Å²) in [5.74, 6) is -0.615. The fraction of sp³-hybridized carbons (Fsp3) is 0.733. The van der Waals surface area contributed by atoms with Crippen LogP contribution in [0.1, 0.15) is 56.3 Å². The molecule has 1 aromatic rings. The fourth-order valence-corrected chi connectivity index (χ4v) is 3.85. The molecule has 0 aliphatic carbocycles. The Hall–Kier alpha value is -0.940.